The molecule has 76 heavy (non-hydrogen) atoms. The zero-order valence-corrected chi connectivity index (χ0v) is 48.0. The molecule has 4 aliphatic rings. The van der Waals surface area contributed by atoms with Gasteiger partial charge in [-0.3, -0.25) is 28.5 Å². The number of nitrogens with zero attached hydrogens (tertiary/aromatic N) is 7. The molecule has 2 N–H and O–H groups in total. The van der Waals surface area contributed by atoms with E-state index in [2.05, 4.69) is 94.8 Å². The van der Waals surface area contributed by atoms with E-state index in [4.69, 9.17) is 14.5 Å². The van der Waals surface area contributed by atoms with Crippen LogP contribution in [0.25, 0.3) is 38.2 Å². The second-order valence-electron chi connectivity index (χ2n) is 23.3. The Morgan fingerprint density at radius 2 is 1.70 bits per heavy atom. The van der Waals surface area contributed by atoms with E-state index in [1.54, 1.807) is 16.2 Å². The van der Waals surface area contributed by atoms with Crippen LogP contribution in [0.2, 0.25) is 0 Å². The van der Waals surface area contributed by atoms with E-state index < -0.39 is 29.1 Å². The standard InChI is InChI=1S/C59H76BrN9O6S/c1-9-29-74-43-31-49(67(33-43)55(72)52(58(4,5)6)63-56(73)59(25-26-59)65(7)8)53(70)62-45(39-17-19-40(20-18-39)51-37(3)61-35-76-51)34-75-36(2)32-66-27-23-38(24-28-66)41-21-22-46-48(30-41)68(42-13-10-11-14-42)57-64-54(71)50-44(60)15-12-16-47(50)69(46)57/h12,15-22,30,35-36,38,42-43,45,49,52H,9-11,13-14,23-29,31-34H2,1-8H3,(H,62,70)(H,63,73)/t36-,43-,45+,49+,52?/m1/s1. The van der Waals surface area contributed by atoms with Crippen molar-refractivity contribution in [2.75, 3.05) is 53.5 Å². The molecule has 5 atom stereocenters. The maximum Gasteiger partial charge on any atom is 0.283 e. The van der Waals surface area contributed by atoms with Crippen LogP contribution in [0.4, 0.5) is 0 Å². The number of thiazole rings is 1. The maximum absolute atomic E-state index is 14.9. The van der Waals surface area contributed by atoms with Gasteiger partial charge < -0.3 is 34.5 Å². The Labute approximate surface area is 459 Å². The van der Waals surface area contributed by atoms with Gasteiger partial charge in [0, 0.05) is 36.6 Å². The van der Waals surface area contributed by atoms with Gasteiger partial charge in [-0.05, 0) is 154 Å². The number of carbonyl (C=O) groups excluding carboxylic acids is 3. The van der Waals surface area contributed by atoms with Gasteiger partial charge in [-0.15, -0.1) is 11.3 Å². The van der Waals surface area contributed by atoms with Gasteiger partial charge >= 0.3 is 0 Å². The number of rotatable bonds is 18. The summed E-state index contributed by atoms with van der Waals surface area (Å²) in [5.74, 6) is 0.399. The van der Waals surface area contributed by atoms with Crippen LogP contribution in [-0.4, -0.2) is 135 Å². The number of likely N-dealkylation sites (N-methyl/N-ethyl adjacent to an activating group) is 1. The van der Waals surface area contributed by atoms with Crippen LogP contribution in [0, 0.1) is 12.3 Å². The molecule has 1 unspecified atom stereocenters. The van der Waals surface area contributed by atoms with Crippen LogP contribution in [0.15, 0.2) is 75.4 Å². The fraction of sp³-hybridized carbons (Fsp3) is 0.559. The topological polar surface area (TPSA) is 156 Å². The average molecular weight is 1120 g/mol. The highest BCUT2D eigenvalue weighted by Gasteiger charge is 2.54. The number of carbonyl (C=O) groups is 3. The molecule has 0 bridgehead atoms. The van der Waals surface area contributed by atoms with E-state index in [1.807, 2.05) is 77.3 Å². The highest BCUT2D eigenvalue weighted by atomic mass is 79.9. The number of likely N-dealkylation sites (tertiary alicyclic amines) is 2. The first-order valence-corrected chi connectivity index (χ1v) is 29.3. The predicted octanol–water partition coefficient (Wildman–Crippen LogP) is 9.58. The number of imidazole rings is 1. The molecule has 5 heterocycles. The van der Waals surface area contributed by atoms with E-state index >= 15 is 0 Å². The highest BCUT2D eigenvalue weighted by molar-refractivity contribution is 9.10. The van der Waals surface area contributed by atoms with Crippen molar-refractivity contribution in [3.05, 3.63) is 97.8 Å². The van der Waals surface area contributed by atoms with Crippen molar-refractivity contribution >= 4 is 72.7 Å². The van der Waals surface area contributed by atoms with Crippen molar-refractivity contribution in [2.45, 2.75) is 154 Å². The molecule has 6 aromatic rings. The molecule has 3 aromatic heterocycles. The van der Waals surface area contributed by atoms with Gasteiger partial charge in [0.1, 0.15) is 12.1 Å². The molecule has 0 spiro atoms. The first kappa shape index (κ1) is 54.3. The second-order valence-corrected chi connectivity index (χ2v) is 25.1. The molecule has 10 rings (SSSR count). The van der Waals surface area contributed by atoms with Crippen LogP contribution in [0.5, 0.6) is 0 Å². The Morgan fingerprint density at radius 3 is 2.36 bits per heavy atom. The van der Waals surface area contributed by atoms with Crippen LogP contribution in [0.3, 0.4) is 0 Å². The molecule has 3 aromatic carbocycles. The molecule has 406 valence electrons. The lowest BCUT2D eigenvalue weighted by atomic mass is 9.85. The largest absolute Gasteiger partial charge is 0.376 e. The quantitative estimate of drug-likeness (QED) is 0.0850. The van der Waals surface area contributed by atoms with Gasteiger partial charge in [0.05, 0.1) is 68.4 Å². The molecule has 4 fully saturated rings. The summed E-state index contributed by atoms with van der Waals surface area (Å²) in [6, 6.07) is 19.2. The number of nitrogens with one attached hydrogen (secondary N) is 2. The van der Waals surface area contributed by atoms with Crippen LogP contribution in [-0.2, 0) is 23.9 Å². The number of piperidine rings is 1. The lowest BCUT2D eigenvalue weighted by Gasteiger charge is -2.37. The van der Waals surface area contributed by atoms with Crippen LogP contribution >= 0.6 is 27.3 Å². The van der Waals surface area contributed by atoms with Gasteiger partial charge in [0.25, 0.3) is 5.56 Å². The SMILES string of the molecule is CCCO[C@@H]1C[C@@H](C(=O)N[C@@H](CO[C@H](C)CN2CCC(c3ccc4c(c3)n(C3CCCC3)c3nc(=O)c5c(Br)cccc5n43)CC2)c2ccc(-c3scnc3C)cc2)N(C(=O)C(NC(=O)C2(N(C)C)CC2)C(C)(C)C)C1. The highest BCUT2D eigenvalue weighted by Crippen LogP contribution is 2.42. The van der Waals surface area contributed by atoms with Crippen molar-refractivity contribution in [3.8, 4) is 10.4 Å². The van der Waals surface area contributed by atoms with Crippen molar-refractivity contribution in [2.24, 2.45) is 5.41 Å². The van der Waals surface area contributed by atoms with Gasteiger partial charge in [0.2, 0.25) is 23.5 Å². The van der Waals surface area contributed by atoms with Crippen LogP contribution in [0.1, 0.15) is 134 Å². The lowest BCUT2D eigenvalue weighted by Crippen LogP contribution is -2.60. The zero-order valence-electron chi connectivity index (χ0n) is 45.6. The predicted molar refractivity (Wildman–Crippen MR) is 304 cm³/mol. The fourth-order valence-corrected chi connectivity index (χ4v) is 13.6. The van der Waals surface area contributed by atoms with Crippen molar-refractivity contribution in [1.82, 2.24) is 44.3 Å². The number of aromatic nitrogens is 4. The number of fused-ring (bicyclic) bond motifs is 5. The molecule has 2 saturated carbocycles. The smallest absolute Gasteiger partial charge is 0.283 e. The molecule has 2 aliphatic heterocycles. The summed E-state index contributed by atoms with van der Waals surface area (Å²) in [6.07, 6.45) is 8.68. The summed E-state index contributed by atoms with van der Waals surface area (Å²) in [5, 5.41) is 7.10. The van der Waals surface area contributed by atoms with E-state index in [0.29, 0.717) is 30.4 Å². The Kier molecular flexibility index (Phi) is 16.0. The minimum Gasteiger partial charge on any atom is -0.376 e. The number of amides is 3. The van der Waals surface area contributed by atoms with Gasteiger partial charge in [-0.2, -0.15) is 4.98 Å². The normalized spacial score (nSPS) is 20.7. The number of hydrogen-bond donors (Lipinski definition) is 2. The maximum atomic E-state index is 14.9. The Bertz CT molecular complexity index is 3150. The Balaban J connectivity index is 0.839. The van der Waals surface area contributed by atoms with E-state index in [1.165, 1.54) is 18.4 Å². The minimum absolute atomic E-state index is 0.136. The Morgan fingerprint density at radius 1 is 0.961 bits per heavy atom. The van der Waals surface area contributed by atoms with Gasteiger partial charge in [-0.25, -0.2) is 4.98 Å². The first-order chi connectivity index (χ1) is 36.4. The summed E-state index contributed by atoms with van der Waals surface area (Å²) in [6.45, 7) is 15.6. The fourth-order valence-electron chi connectivity index (χ4n) is 12.3. The summed E-state index contributed by atoms with van der Waals surface area (Å²) in [4.78, 5) is 73.4. The van der Waals surface area contributed by atoms with E-state index in [0.717, 1.165) is 113 Å². The summed E-state index contributed by atoms with van der Waals surface area (Å²) < 4.78 is 18.3. The molecule has 17 heteroatoms. The van der Waals surface area contributed by atoms with E-state index in [9.17, 15) is 19.2 Å². The third kappa shape index (κ3) is 10.9. The third-order valence-electron chi connectivity index (χ3n) is 16.8. The molecule has 2 aliphatic carbocycles. The summed E-state index contributed by atoms with van der Waals surface area (Å²) in [7, 11) is 3.80. The number of halogens is 1. The first-order valence-electron chi connectivity index (χ1n) is 27.7. The third-order valence-corrected chi connectivity index (χ3v) is 18.4. The number of hydrogen-bond acceptors (Lipinski definition) is 11. The molecule has 0 radical (unpaired) electrons. The number of benzene rings is 3. The zero-order chi connectivity index (χ0) is 53.6. The molecule has 15 nitrogen and oxygen atoms in total. The number of aryl methyl sites for hydroxylation is 1. The lowest BCUT2D eigenvalue weighted by molar-refractivity contribution is -0.145. The summed E-state index contributed by atoms with van der Waals surface area (Å²) >= 11 is 5.23. The number of ether oxygens (including phenoxy) is 2. The van der Waals surface area contributed by atoms with Gasteiger partial charge in [0.15, 0.2) is 0 Å². The Hall–Kier alpha value is -5.04. The van der Waals surface area contributed by atoms with E-state index in [-0.39, 0.29) is 48.6 Å². The molecule has 3 amide bonds. The molecular weight excluding hydrogens is 1040 g/mol. The van der Waals surface area contributed by atoms with Crippen molar-refractivity contribution < 1.29 is 23.9 Å². The van der Waals surface area contributed by atoms with Crippen molar-refractivity contribution in [1.29, 1.82) is 0 Å². The van der Waals surface area contributed by atoms with Crippen molar-refractivity contribution in [3.63, 3.8) is 0 Å². The molecule has 2 saturated heterocycles. The minimum atomic E-state index is -0.849. The summed E-state index contributed by atoms with van der Waals surface area (Å²) in [5.41, 5.74) is 7.73. The van der Waals surface area contributed by atoms with Crippen LogP contribution < -0.4 is 16.2 Å². The molecular formula is C59H76BrN9O6S. The average Bonchev–Trinajstić information content (AvgIpc) is 3.84. The second kappa shape index (κ2) is 22.4. The monoisotopic (exact) mass is 1120 g/mol. The van der Waals surface area contributed by atoms with Gasteiger partial charge in [-0.1, -0.05) is 76.9 Å².